The third kappa shape index (κ3) is 1.98. The van der Waals surface area contributed by atoms with Gasteiger partial charge in [-0.2, -0.15) is 0 Å². The van der Waals surface area contributed by atoms with Crippen molar-refractivity contribution >= 4 is 16.7 Å². The van der Waals surface area contributed by atoms with E-state index >= 15 is 0 Å². The third-order valence-corrected chi connectivity index (χ3v) is 2.41. The van der Waals surface area contributed by atoms with E-state index in [1.165, 1.54) is 24.3 Å². The molecule has 1 heterocycles. The van der Waals surface area contributed by atoms with Gasteiger partial charge in [0.05, 0.1) is 5.69 Å². The highest BCUT2D eigenvalue weighted by atomic mass is 16.3. The molecule has 0 aliphatic carbocycles. The van der Waals surface area contributed by atoms with Crippen molar-refractivity contribution in [1.29, 1.82) is 0 Å². The van der Waals surface area contributed by atoms with Gasteiger partial charge in [0.15, 0.2) is 6.10 Å². The Morgan fingerprint density at radius 1 is 1.35 bits per heavy atom. The Hall–Kier alpha value is -2.34. The minimum absolute atomic E-state index is 0.000556. The number of nitrogens with one attached hydrogen (secondary N) is 1. The fourth-order valence-electron chi connectivity index (χ4n) is 1.58. The topological polar surface area (TPSA) is 116 Å². The monoisotopic (exact) mass is 234 g/mol. The molecular formula is C11H10N2O4. The number of aliphatic hydroxyl groups excluding tert-OH is 1. The molecule has 0 aliphatic rings. The molecule has 1 unspecified atom stereocenters. The van der Waals surface area contributed by atoms with Crippen LogP contribution in [0.25, 0.3) is 10.8 Å². The highest BCUT2D eigenvalue weighted by molar-refractivity contribution is 5.85. The summed E-state index contributed by atoms with van der Waals surface area (Å²) in [4.78, 5) is 24.8. The normalized spacial score (nSPS) is 12.5. The number of carbonyl (C=O) groups excluding carboxylic acids is 1. The summed E-state index contributed by atoms with van der Waals surface area (Å²) in [5.74, 6) is -0.970. The molecule has 2 aromatic rings. The number of phenols is 1. The first-order valence-electron chi connectivity index (χ1n) is 4.82. The van der Waals surface area contributed by atoms with E-state index in [1.54, 1.807) is 0 Å². The van der Waals surface area contributed by atoms with Crippen LogP contribution >= 0.6 is 0 Å². The SMILES string of the molecule is NC(=O)C(O)c1cc2cc(O)ccc2c(=O)[nH]1. The summed E-state index contributed by atoms with van der Waals surface area (Å²) < 4.78 is 0. The minimum Gasteiger partial charge on any atom is -0.508 e. The summed E-state index contributed by atoms with van der Waals surface area (Å²) in [5, 5.41) is 19.5. The summed E-state index contributed by atoms with van der Waals surface area (Å²) in [6, 6.07) is 5.58. The second-order valence-corrected chi connectivity index (χ2v) is 3.63. The molecule has 6 heteroatoms. The van der Waals surface area contributed by atoms with Gasteiger partial charge in [0.1, 0.15) is 5.75 Å². The number of primary amides is 1. The fourth-order valence-corrected chi connectivity index (χ4v) is 1.58. The predicted molar refractivity (Wildman–Crippen MR) is 60.4 cm³/mol. The second kappa shape index (κ2) is 3.91. The molecule has 1 aromatic carbocycles. The molecule has 1 aromatic heterocycles. The lowest BCUT2D eigenvalue weighted by Crippen LogP contribution is -2.24. The van der Waals surface area contributed by atoms with E-state index in [9.17, 15) is 19.8 Å². The van der Waals surface area contributed by atoms with Crippen LogP contribution in [0.2, 0.25) is 0 Å². The van der Waals surface area contributed by atoms with Crippen molar-refractivity contribution in [2.45, 2.75) is 6.10 Å². The summed E-state index contributed by atoms with van der Waals surface area (Å²) in [6.45, 7) is 0. The standard InChI is InChI=1S/C11H10N2O4/c12-10(16)9(15)8-4-5-3-6(14)1-2-7(5)11(17)13-8/h1-4,9,14-15H,(H2,12,16)(H,13,17). The van der Waals surface area contributed by atoms with Crippen molar-refractivity contribution in [3.8, 4) is 5.75 Å². The van der Waals surface area contributed by atoms with E-state index in [4.69, 9.17) is 5.73 Å². The lowest BCUT2D eigenvalue weighted by atomic mass is 10.1. The molecule has 0 saturated carbocycles. The van der Waals surface area contributed by atoms with Crippen molar-refractivity contribution in [3.63, 3.8) is 0 Å². The first-order chi connectivity index (χ1) is 7.99. The number of phenolic OH excluding ortho intramolecular Hbond substituents is 1. The number of carbonyl (C=O) groups is 1. The first-order valence-corrected chi connectivity index (χ1v) is 4.82. The average Bonchev–Trinajstić information content (AvgIpc) is 2.27. The van der Waals surface area contributed by atoms with Gasteiger partial charge in [-0.1, -0.05) is 0 Å². The van der Waals surface area contributed by atoms with Crippen LogP contribution in [0, 0.1) is 0 Å². The zero-order chi connectivity index (χ0) is 12.6. The van der Waals surface area contributed by atoms with Crippen molar-refractivity contribution in [1.82, 2.24) is 4.98 Å². The number of H-pyrrole nitrogens is 1. The highest BCUT2D eigenvalue weighted by Crippen LogP contribution is 2.19. The molecule has 0 saturated heterocycles. The molecule has 5 N–H and O–H groups in total. The number of nitrogens with two attached hydrogens (primary N) is 1. The van der Waals surface area contributed by atoms with Crippen LogP contribution in [0.4, 0.5) is 0 Å². The van der Waals surface area contributed by atoms with Gasteiger partial charge in [0.25, 0.3) is 11.5 Å². The van der Waals surface area contributed by atoms with Crippen molar-refractivity contribution in [3.05, 3.63) is 40.3 Å². The van der Waals surface area contributed by atoms with Gasteiger partial charge >= 0.3 is 0 Å². The lowest BCUT2D eigenvalue weighted by Gasteiger charge is -2.07. The molecule has 0 fully saturated rings. The van der Waals surface area contributed by atoms with Crippen molar-refractivity contribution in [2.24, 2.45) is 5.73 Å². The number of amides is 1. The Morgan fingerprint density at radius 3 is 2.71 bits per heavy atom. The molecule has 2 rings (SSSR count). The summed E-state index contributed by atoms with van der Waals surface area (Å²) >= 11 is 0. The number of hydrogen-bond donors (Lipinski definition) is 4. The van der Waals surface area contributed by atoms with Crippen LogP contribution in [0.3, 0.4) is 0 Å². The molecular weight excluding hydrogens is 224 g/mol. The number of hydrogen-bond acceptors (Lipinski definition) is 4. The largest absolute Gasteiger partial charge is 0.508 e. The number of rotatable bonds is 2. The maximum atomic E-state index is 11.6. The Labute approximate surface area is 95.3 Å². The van der Waals surface area contributed by atoms with E-state index < -0.39 is 17.6 Å². The van der Waals surface area contributed by atoms with Crippen LogP contribution in [-0.2, 0) is 4.79 Å². The number of aliphatic hydroxyl groups is 1. The predicted octanol–water partition coefficient (Wildman–Crippen LogP) is -0.248. The average molecular weight is 234 g/mol. The Kier molecular flexibility index (Phi) is 2.57. The Morgan fingerprint density at radius 2 is 2.06 bits per heavy atom. The maximum absolute atomic E-state index is 11.6. The molecule has 1 amide bonds. The van der Waals surface area contributed by atoms with Gasteiger partial charge < -0.3 is 20.9 Å². The quantitative estimate of drug-likeness (QED) is 0.573. The zero-order valence-corrected chi connectivity index (χ0v) is 8.68. The van der Waals surface area contributed by atoms with E-state index in [0.717, 1.165) is 0 Å². The van der Waals surface area contributed by atoms with Crippen molar-refractivity contribution < 1.29 is 15.0 Å². The van der Waals surface area contributed by atoms with E-state index in [-0.39, 0.29) is 11.4 Å². The molecule has 0 radical (unpaired) electrons. The summed E-state index contributed by atoms with van der Waals surface area (Å²) in [7, 11) is 0. The minimum atomic E-state index is -1.57. The lowest BCUT2D eigenvalue weighted by molar-refractivity contribution is -0.126. The van der Waals surface area contributed by atoms with Gasteiger partial charge in [-0.15, -0.1) is 0 Å². The van der Waals surface area contributed by atoms with E-state index in [0.29, 0.717) is 10.8 Å². The molecule has 0 bridgehead atoms. The number of pyridine rings is 1. The Bertz CT molecular complexity index is 647. The van der Waals surface area contributed by atoms with Crippen LogP contribution in [-0.4, -0.2) is 21.1 Å². The number of fused-ring (bicyclic) bond motifs is 1. The van der Waals surface area contributed by atoms with Gasteiger partial charge in [-0.25, -0.2) is 0 Å². The first kappa shape index (κ1) is 11.2. The summed E-state index contributed by atoms with van der Waals surface area (Å²) in [6.07, 6.45) is -1.57. The second-order valence-electron chi connectivity index (χ2n) is 3.63. The molecule has 0 aliphatic heterocycles. The van der Waals surface area contributed by atoms with Gasteiger partial charge in [0.2, 0.25) is 0 Å². The fraction of sp³-hybridized carbons (Fsp3) is 0.0909. The Balaban J connectivity index is 2.70. The zero-order valence-electron chi connectivity index (χ0n) is 8.68. The van der Waals surface area contributed by atoms with Crippen LogP contribution in [0.1, 0.15) is 11.8 Å². The maximum Gasteiger partial charge on any atom is 0.256 e. The number of benzene rings is 1. The number of aromatic amines is 1. The molecule has 0 spiro atoms. The molecule has 1 atom stereocenters. The summed E-state index contributed by atoms with van der Waals surface area (Å²) in [5.41, 5.74) is 4.47. The third-order valence-electron chi connectivity index (χ3n) is 2.41. The van der Waals surface area contributed by atoms with Crippen LogP contribution < -0.4 is 11.3 Å². The highest BCUT2D eigenvalue weighted by Gasteiger charge is 2.16. The molecule has 88 valence electrons. The number of aromatic hydroxyl groups is 1. The van der Waals surface area contributed by atoms with Crippen molar-refractivity contribution in [2.75, 3.05) is 0 Å². The van der Waals surface area contributed by atoms with Gasteiger partial charge in [0, 0.05) is 5.39 Å². The number of aromatic nitrogens is 1. The van der Waals surface area contributed by atoms with E-state index in [1.807, 2.05) is 0 Å². The van der Waals surface area contributed by atoms with Crippen LogP contribution in [0.5, 0.6) is 5.75 Å². The smallest absolute Gasteiger partial charge is 0.256 e. The molecule has 17 heavy (non-hydrogen) atoms. The molecule has 6 nitrogen and oxygen atoms in total. The van der Waals surface area contributed by atoms with E-state index in [2.05, 4.69) is 4.98 Å². The van der Waals surface area contributed by atoms with Crippen LogP contribution in [0.15, 0.2) is 29.1 Å². The van der Waals surface area contributed by atoms with Gasteiger partial charge in [-0.3, -0.25) is 9.59 Å². The van der Waals surface area contributed by atoms with Gasteiger partial charge in [-0.05, 0) is 29.7 Å².